The highest BCUT2D eigenvalue weighted by molar-refractivity contribution is 6.21. The molecule has 2 unspecified atom stereocenters. The second-order valence-corrected chi connectivity index (χ2v) is 3.57. The Morgan fingerprint density at radius 1 is 1.60 bits per heavy atom. The summed E-state index contributed by atoms with van der Waals surface area (Å²) in [7, 11) is 0. The molecule has 1 heterocycles. The summed E-state index contributed by atoms with van der Waals surface area (Å²) in [4.78, 5) is 0. The molecule has 10 heavy (non-hydrogen) atoms. The van der Waals surface area contributed by atoms with Crippen molar-refractivity contribution in [2.24, 2.45) is 5.92 Å². The van der Waals surface area contributed by atoms with Gasteiger partial charge < -0.3 is 0 Å². The van der Waals surface area contributed by atoms with Crippen LogP contribution in [0.15, 0.2) is 11.6 Å². The molecule has 0 bridgehead atoms. The first-order chi connectivity index (χ1) is 4.88. The molecule has 2 heteroatoms. The maximum atomic E-state index is 6.03. The molecule has 56 valence electrons. The van der Waals surface area contributed by atoms with Gasteiger partial charge >= 0.3 is 0 Å². The zero-order valence-electron chi connectivity index (χ0n) is 5.94. The van der Waals surface area contributed by atoms with Crippen LogP contribution in [0.2, 0.25) is 0 Å². The maximum Gasteiger partial charge on any atom is 0.0894 e. The van der Waals surface area contributed by atoms with Crippen LogP contribution in [0.1, 0.15) is 19.3 Å². The van der Waals surface area contributed by atoms with Crippen molar-refractivity contribution in [3.63, 3.8) is 0 Å². The first-order valence-electron chi connectivity index (χ1n) is 3.94. The summed E-state index contributed by atoms with van der Waals surface area (Å²) >= 11 is 6.03. The third kappa shape index (κ3) is 0.977. The predicted octanol–water partition coefficient (Wildman–Crippen LogP) is 1.88. The minimum absolute atomic E-state index is 0.214. The fraction of sp³-hybridized carbons (Fsp3) is 0.750. The minimum Gasteiger partial charge on any atom is -0.297 e. The normalized spacial score (nSPS) is 39.1. The van der Waals surface area contributed by atoms with Gasteiger partial charge in [-0.3, -0.25) is 5.32 Å². The van der Waals surface area contributed by atoms with Gasteiger partial charge in [-0.15, -0.1) is 11.6 Å². The van der Waals surface area contributed by atoms with Crippen molar-refractivity contribution in [2.45, 2.75) is 24.8 Å². The van der Waals surface area contributed by atoms with E-state index in [-0.39, 0.29) is 5.50 Å². The van der Waals surface area contributed by atoms with Gasteiger partial charge in [-0.1, -0.05) is 11.6 Å². The van der Waals surface area contributed by atoms with E-state index in [0.29, 0.717) is 5.92 Å². The number of nitrogens with one attached hydrogen (secondary N) is 1. The number of rotatable bonds is 0. The van der Waals surface area contributed by atoms with Crippen LogP contribution in [-0.4, -0.2) is 12.0 Å². The highest BCUT2D eigenvalue weighted by atomic mass is 35.5. The van der Waals surface area contributed by atoms with Gasteiger partial charge in [0.15, 0.2) is 0 Å². The Kier molecular flexibility index (Phi) is 1.71. The van der Waals surface area contributed by atoms with Crippen molar-refractivity contribution in [3.05, 3.63) is 11.6 Å². The monoisotopic (exact) mass is 157 g/mol. The molecule has 2 aliphatic rings. The SMILES string of the molecule is ClC1NCC2=CCCCC21. The van der Waals surface area contributed by atoms with E-state index in [4.69, 9.17) is 11.6 Å². The fourth-order valence-electron chi connectivity index (χ4n) is 1.86. The van der Waals surface area contributed by atoms with E-state index in [0.717, 1.165) is 6.54 Å². The molecule has 1 fully saturated rings. The molecule has 0 spiro atoms. The van der Waals surface area contributed by atoms with Crippen molar-refractivity contribution >= 4 is 11.6 Å². The van der Waals surface area contributed by atoms with Gasteiger partial charge in [0.1, 0.15) is 0 Å². The molecule has 0 amide bonds. The van der Waals surface area contributed by atoms with Crippen molar-refractivity contribution in [1.82, 2.24) is 5.32 Å². The van der Waals surface area contributed by atoms with E-state index in [1.165, 1.54) is 19.3 Å². The molecule has 0 saturated carbocycles. The molecule has 1 N–H and O–H groups in total. The molecular weight excluding hydrogens is 146 g/mol. The summed E-state index contributed by atoms with van der Waals surface area (Å²) < 4.78 is 0. The number of fused-ring (bicyclic) bond motifs is 1. The van der Waals surface area contributed by atoms with E-state index in [1.54, 1.807) is 5.57 Å². The molecular formula is C8H12ClN. The quantitative estimate of drug-likeness (QED) is 0.322. The van der Waals surface area contributed by atoms with Crippen molar-refractivity contribution < 1.29 is 0 Å². The van der Waals surface area contributed by atoms with Crippen molar-refractivity contribution in [2.75, 3.05) is 6.54 Å². The standard InChI is InChI=1S/C8H12ClN/c9-8-7-4-2-1-3-6(7)5-10-8/h3,7-8,10H,1-2,4-5H2. The molecule has 2 atom stereocenters. The van der Waals surface area contributed by atoms with Gasteiger partial charge in [0.25, 0.3) is 0 Å². The number of alkyl halides is 1. The molecule has 2 rings (SSSR count). The van der Waals surface area contributed by atoms with Gasteiger partial charge in [0.05, 0.1) is 5.50 Å². The minimum atomic E-state index is 0.214. The van der Waals surface area contributed by atoms with Gasteiger partial charge in [-0.25, -0.2) is 0 Å². The fourth-order valence-corrected chi connectivity index (χ4v) is 2.22. The molecule has 1 nitrogen and oxygen atoms in total. The lowest BCUT2D eigenvalue weighted by atomic mass is 9.90. The average molecular weight is 158 g/mol. The Balaban J connectivity index is 2.17. The van der Waals surface area contributed by atoms with Gasteiger partial charge in [-0.05, 0) is 19.3 Å². The van der Waals surface area contributed by atoms with Crippen LogP contribution in [0, 0.1) is 5.92 Å². The van der Waals surface area contributed by atoms with Crippen LogP contribution in [0.25, 0.3) is 0 Å². The molecule has 0 aromatic heterocycles. The first kappa shape index (κ1) is 6.68. The third-order valence-electron chi connectivity index (χ3n) is 2.46. The third-order valence-corrected chi connectivity index (χ3v) is 2.91. The van der Waals surface area contributed by atoms with E-state index in [2.05, 4.69) is 11.4 Å². The molecule has 1 saturated heterocycles. The number of allylic oxidation sites excluding steroid dienone is 1. The zero-order valence-corrected chi connectivity index (χ0v) is 6.69. The number of hydrogen-bond acceptors (Lipinski definition) is 1. The van der Waals surface area contributed by atoms with Gasteiger partial charge in [0, 0.05) is 12.5 Å². The van der Waals surface area contributed by atoms with Crippen LogP contribution in [0.3, 0.4) is 0 Å². The van der Waals surface area contributed by atoms with Gasteiger partial charge in [-0.2, -0.15) is 0 Å². The smallest absolute Gasteiger partial charge is 0.0894 e. The van der Waals surface area contributed by atoms with Crippen LogP contribution in [-0.2, 0) is 0 Å². The summed E-state index contributed by atoms with van der Waals surface area (Å²) in [6, 6.07) is 0. The molecule has 1 aliphatic heterocycles. The summed E-state index contributed by atoms with van der Waals surface area (Å²) in [6.45, 7) is 1.03. The summed E-state index contributed by atoms with van der Waals surface area (Å²) in [5.74, 6) is 0.649. The second kappa shape index (κ2) is 2.55. The average Bonchev–Trinajstić information content (AvgIpc) is 2.34. The molecule has 1 aliphatic carbocycles. The summed E-state index contributed by atoms with van der Waals surface area (Å²) in [6.07, 6.45) is 6.22. The van der Waals surface area contributed by atoms with Crippen LogP contribution in [0.5, 0.6) is 0 Å². The predicted molar refractivity (Wildman–Crippen MR) is 43.1 cm³/mol. The van der Waals surface area contributed by atoms with E-state index >= 15 is 0 Å². The highest BCUT2D eigenvalue weighted by Crippen LogP contribution is 2.32. The van der Waals surface area contributed by atoms with E-state index in [9.17, 15) is 0 Å². The Hall–Kier alpha value is -0.0100. The topological polar surface area (TPSA) is 12.0 Å². The largest absolute Gasteiger partial charge is 0.297 e. The number of hydrogen-bond donors (Lipinski definition) is 1. The Labute approximate surface area is 66.4 Å². The maximum absolute atomic E-state index is 6.03. The highest BCUT2D eigenvalue weighted by Gasteiger charge is 2.30. The van der Waals surface area contributed by atoms with Crippen molar-refractivity contribution in [1.29, 1.82) is 0 Å². The van der Waals surface area contributed by atoms with Crippen molar-refractivity contribution in [3.8, 4) is 0 Å². The number of halogens is 1. The molecule has 0 aromatic carbocycles. The summed E-state index contributed by atoms with van der Waals surface area (Å²) in [5, 5.41) is 3.26. The molecule has 0 aromatic rings. The van der Waals surface area contributed by atoms with E-state index in [1.807, 2.05) is 0 Å². The second-order valence-electron chi connectivity index (χ2n) is 3.10. The lowest BCUT2D eigenvalue weighted by Gasteiger charge is -2.18. The Morgan fingerprint density at radius 3 is 3.30 bits per heavy atom. The van der Waals surface area contributed by atoms with Crippen LogP contribution >= 0.6 is 11.6 Å². The Bertz CT molecular complexity index is 165. The lowest BCUT2D eigenvalue weighted by molar-refractivity contribution is 0.517. The van der Waals surface area contributed by atoms with E-state index < -0.39 is 0 Å². The first-order valence-corrected chi connectivity index (χ1v) is 4.38. The molecule has 0 radical (unpaired) electrons. The van der Waals surface area contributed by atoms with Gasteiger partial charge in [0.2, 0.25) is 0 Å². The lowest BCUT2D eigenvalue weighted by Crippen LogP contribution is -2.20. The Morgan fingerprint density at radius 2 is 2.50 bits per heavy atom. The van der Waals surface area contributed by atoms with Crippen LogP contribution in [0.4, 0.5) is 0 Å². The summed E-state index contributed by atoms with van der Waals surface area (Å²) in [5.41, 5.74) is 1.76. The zero-order chi connectivity index (χ0) is 6.97. The van der Waals surface area contributed by atoms with Crippen LogP contribution < -0.4 is 5.32 Å².